The number of hydrogen-bond donors (Lipinski definition) is 2. The summed E-state index contributed by atoms with van der Waals surface area (Å²) in [7, 11) is 0. The maximum absolute atomic E-state index is 11.9. The zero-order valence-electron chi connectivity index (χ0n) is 12.5. The lowest BCUT2D eigenvalue weighted by Gasteiger charge is -2.29. The Morgan fingerprint density at radius 3 is 2.65 bits per heavy atom. The first-order valence-electron chi connectivity index (χ1n) is 7.05. The molecule has 1 heterocycles. The molecule has 0 radical (unpaired) electrons. The van der Waals surface area contributed by atoms with E-state index in [4.69, 9.17) is 5.73 Å². The van der Waals surface area contributed by atoms with E-state index in [-0.39, 0.29) is 18.0 Å². The lowest BCUT2D eigenvalue weighted by Crippen LogP contribution is -2.56. The van der Waals surface area contributed by atoms with Crippen LogP contribution in [0.3, 0.4) is 0 Å². The Bertz CT molecular complexity index is 525. The van der Waals surface area contributed by atoms with Crippen LogP contribution in [0, 0.1) is 13.8 Å². The standard InChI is InChI=1S/C14H23BrN4O/c1-8(2)17-14(13(16)20)6-5-11(7-14)19-10(4)12(15)9(3)18-19/h8,11,17H,5-7H2,1-4H3,(H2,16,20). The van der Waals surface area contributed by atoms with E-state index >= 15 is 0 Å². The molecule has 1 saturated carbocycles. The van der Waals surface area contributed by atoms with Gasteiger partial charge in [-0.05, 0) is 62.9 Å². The SMILES string of the molecule is Cc1nn(C2CCC(NC(C)C)(C(N)=O)C2)c(C)c1Br. The molecular weight excluding hydrogens is 320 g/mol. The van der Waals surface area contributed by atoms with Crippen molar-refractivity contribution < 1.29 is 4.79 Å². The maximum Gasteiger partial charge on any atom is 0.237 e. The van der Waals surface area contributed by atoms with Gasteiger partial charge in [-0.25, -0.2) is 0 Å². The van der Waals surface area contributed by atoms with Crippen molar-refractivity contribution in [2.45, 2.75) is 64.6 Å². The lowest BCUT2D eigenvalue weighted by atomic mass is 9.95. The second kappa shape index (κ2) is 5.48. The summed E-state index contributed by atoms with van der Waals surface area (Å²) in [4.78, 5) is 11.9. The number of rotatable bonds is 4. The molecule has 0 saturated heterocycles. The zero-order valence-corrected chi connectivity index (χ0v) is 14.1. The quantitative estimate of drug-likeness (QED) is 0.880. The van der Waals surface area contributed by atoms with Gasteiger partial charge >= 0.3 is 0 Å². The van der Waals surface area contributed by atoms with E-state index in [1.165, 1.54) is 0 Å². The molecule has 112 valence electrons. The van der Waals surface area contributed by atoms with Gasteiger partial charge in [0.25, 0.3) is 0 Å². The van der Waals surface area contributed by atoms with E-state index in [0.29, 0.717) is 6.42 Å². The number of carbonyl (C=O) groups excluding carboxylic acids is 1. The Morgan fingerprint density at radius 1 is 1.55 bits per heavy atom. The Morgan fingerprint density at radius 2 is 2.20 bits per heavy atom. The van der Waals surface area contributed by atoms with Gasteiger partial charge in [0.2, 0.25) is 5.91 Å². The minimum absolute atomic E-state index is 0.221. The number of nitrogens with zero attached hydrogens (tertiary/aromatic N) is 2. The predicted octanol–water partition coefficient (Wildman–Crippen LogP) is 2.21. The fraction of sp³-hybridized carbons (Fsp3) is 0.714. The second-order valence-electron chi connectivity index (χ2n) is 6.07. The van der Waals surface area contributed by atoms with E-state index in [1.54, 1.807) is 0 Å². The van der Waals surface area contributed by atoms with Crippen LogP contribution in [0.2, 0.25) is 0 Å². The predicted molar refractivity (Wildman–Crippen MR) is 82.5 cm³/mol. The van der Waals surface area contributed by atoms with Gasteiger partial charge in [0.15, 0.2) is 0 Å². The van der Waals surface area contributed by atoms with Crippen LogP contribution in [0.25, 0.3) is 0 Å². The number of primary amides is 1. The van der Waals surface area contributed by atoms with Crippen molar-refractivity contribution in [3.8, 4) is 0 Å². The molecule has 1 aromatic heterocycles. The molecule has 0 aromatic carbocycles. The van der Waals surface area contributed by atoms with Gasteiger partial charge in [-0.1, -0.05) is 0 Å². The minimum Gasteiger partial charge on any atom is -0.368 e. The molecule has 1 fully saturated rings. The number of nitrogens with two attached hydrogens (primary N) is 1. The molecule has 1 aromatic rings. The number of carbonyl (C=O) groups is 1. The molecule has 0 bridgehead atoms. The Hall–Kier alpha value is -0.880. The first kappa shape index (κ1) is 15.5. The summed E-state index contributed by atoms with van der Waals surface area (Å²) < 4.78 is 3.08. The number of aryl methyl sites for hydroxylation is 1. The Kier molecular flexibility index (Phi) is 4.25. The van der Waals surface area contributed by atoms with E-state index in [9.17, 15) is 4.79 Å². The summed E-state index contributed by atoms with van der Waals surface area (Å²) in [6.07, 6.45) is 2.38. The highest BCUT2D eigenvalue weighted by molar-refractivity contribution is 9.10. The number of nitrogens with one attached hydrogen (secondary N) is 1. The fourth-order valence-corrected chi connectivity index (χ4v) is 3.47. The first-order chi connectivity index (χ1) is 9.27. The smallest absolute Gasteiger partial charge is 0.237 e. The largest absolute Gasteiger partial charge is 0.368 e. The van der Waals surface area contributed by atoms with E-state index < -0.39 is 5.54 Å². The highest BCUT2D eigenvalue weighted by Gasteiger charge is 2.45. The van der Waals surface area contributed by atoms with E-state index in [1.807, 2.05) is 32.4 Å². The second-order valence-corrected chi connectivity index (χ2v) is 6.86. The molecule has 0 aliphatic heterocycles. The van der Waals surface area contributed by atoms with E-state index in [2.05, 4.69) is 26.3 Å². The molecule has 2 rings (SSSR count). The summed E-state index contributed by atoms with van der Waals surface area (Å²) in [5.41, 5.74) is 7.15. The monoisotopic (exact) mass is 342 g/mol. The summed E-state index contributed by atoms with van der Waals surface area (Å²) in [6.45, 7) is 8.11. The number of halogens is 1. The van der Waals surface area contributed by atoms with Crippen LogP contribution in [0.1, 0.15) is 50.5 Å². The van der Waals surface area contributed by atoms with Gasteiger partial charge in [-0.15, -0.1) is 0 Å². The average Bonchev–Trinajstić information content (AvgIpc) is 2.87. The van der Waals surface area contributed by atoms with Crippen molar-refractivity contribution in [1.82, 2.24) is 15.1 Å². The highest BCUT2D eigenvalue weighted by atomic mass is 79.9. The molecule has 2 atom stereocenters. The van der Waals surface area contributed by atoms with Crippen LogP contribution < -0.4 is 11.1 Å². The van der Waals surface area contributed by atoms with Crippen molar-refractivity contribution in [2.75, 3.05) is 0 Å². The molecule has 1 aliphatic carbocycles. The normalized spacial score (nSPS) is 26.4. The third-order valence-corrected chi connectivity index (χ3v) is 5.26. The third kappa shape index (κ3) is 2.63. The van der Waals surface area contributed by atoms with Crippen molar-refractivity contribution in [2.24, 2.45) is 5.73 Å². The number of hydrogen-bond acceptors (Lipinski definition) is 3. The molecular formula is C14H23BrN4O. The highest BCUT2D eigenvalue weighted by Crippen LogP contribution is 2.39. The summed E-state index contributed by atoms with van der Waals surface area (Å²) in [6, 6.07) is 0.451. The minimum atomic E-state index is -0.600. The summed E-state index contributed by atoms with van der Waals surface area (Å²) in [5.74, 6) is -0.255. The molecule has 20 heavy (non-hydrogen) atoms. The summed E-state index contributed by atoms with van der Waals surface area (Å²) >= 11 is 3.55. The topological polar surface area (TPSA) is 72.9 Å². The van der Waals surface area contributed by atoms with Gasteiger partial charge in [0.05, 0.1) is 27.4 Å². The number of aromatic nitrogens is 2. The third-order valence-electron chi connectivity index (χ3n) is 4.11. The van der Waals surface area contributed by atoms with Gasteiger partial charge in [-0.3, -0.25) is 9.48 Å². The van der Waals surface area contributed by atoms with Gasteiger partial charge in [-0.2, -0.15) is 5.10 Å². The zero-order chi connectivity index (χ0) is 15.1. The number of amides is 1. The molecule has 6 heteroatoms. The fourth-order valence-electron chi connectivity index (χ4n) is 3.21. The van der Waals surface area contributed by atoms with Crippen LogP contribution in [0.5, 0.6) is 0 Å². The maximum atomic E-state index is 11.9. The Labute approximate surface area is 128 Å². The molecule has 5 nitrogen and oxygen atoms in total. The summed E-state index contributed by atoms with van der Waals surface area (Å²) in [5, 5.41) is 7.95. The molecule has 1 aliphatic rings. The van der Waals surface area contributed by atoms with Crippen molar-refractivity contribution in [1.29, 1.82) is 0 Å². The van der Waals surface area contributed by atoms with Crippen molar-refractivity contribution in [3.05, 3.63) is 15.9 Å². The van der Waals surface area contributed by atoms with Crippen molar-refractivity contribution in [3.63, 3.8) is 0 Å². The van der Waals surface area contributed by atoms with Gasteiger partial charge < -0.3 is 11.1 Å². The molecule has 0 spiro atoms. The van der Waals surface area contributed by atoms with Crippen LogP contribution in [-0.2, 0) is 4.79 Å². The van der Waals surface area contributed by atoms with Crippen LogP contribution >= 0.6 is 15.9 Å². The van der Waals surface area contributed by atoms with Crippen LogP contribution in [0.4, 0.5) is 0 Å². The molecule has 3 N–H and O–H groups in total. The molecule has 2 unspecified atom stereocenters. The van der Waals surface area contributed by atoms with Crippen molar-refractivity contribution >= 4 is 21.8 Å². The van der Waals surface area contributed by atoms with Gasteiger partial charge in [0.1, 0.15) is 0 Å². The first-order valence-corrected chi connectivity index (χ1v) is 7.85. The average molecular weight is 343 g/mol. The lowest BCUT2D eigenvalue weighted by molar-refractivity contribution is -0.124. The van der Waals surface area contributed by atoms with E-state index in [0.717, 1.165) is 28.7 Å². The van der Waals surface area contributed by atoms with Gasteiger partial charge in [0, 0.05) is 6.04 Å². The van der Waals surface area contributed by atoms with Crippen LogP contribution in [0.15, 0.2) is 4.47 Å². The Balaban J connectivity index is 2.26. The van der Waals surface area contributed by atoms with Crippen LogP contribution in [-0.4, -0.2) is 27.3 Å². The molecule has 1 amide bonds.